The summed E-state index contributed by atoms with van der Waals surface area (Å²) in [4.78, 5) is 8.21. The second-order valence-electron chi connectivity index (χ2n) is 7.88. The highest BCUT2D eigenvalue weighted by molar-refractivity contribution is 8.00. The van der Waals surface area contributed by atoms with Crippen LogP contribution in [0.3, 0.4) is 0 Å². The summed E-state index contributed by atoms with van der Waals surface area (Å²) >= 11 is -0.278. The molecule has 0 aromatic carbocycles. The lowest BCUT2D eigenvalue weighted by molar-refractivity contribution is -0.0826. The maximum absolute atomic E-state index is 12.9. The fraction of sp³-hybridized carbons (Fsp3) is 0.500. The molecule has 12 heteroatoms. The van der Waals surface area contributed by atoms with Crippen LogP contribution < -0.4 is 10.1 Å². The highest BCUT2D eigenvalue weighted by Crippen LogP contribution is 2.41. The van der Waals surface area contributed by atoms with Crippen LogP contribution in [0.25, 0.3) is 5.65 Å². The van der Waals surface area contributed by atoms with Gasteiger partial charge in [-0.1, -0.05) is 12.5 Å². The van der Waals surface area contributed by atoms with Crippen LogP contribution >= 0.6 is 11.8 Å². The standard InChI is InChI=1S/C20H21F3N6O2S/c21-20(22,23)32-15-9-24-19(26-18(15)31-14-10-30-11-14)25-13-5-3-4-12(8-13)17-28-27-16-6-1-2-7-29(16)17/h1-2,6-7,9,12-14H,3-5,8,10-11H2,(H,24,25,26)/t12-,13+/m0/s1. The second-order valence-corrected chi connectivity index (χ2v) is 8.99. The lowest BCUT2D eigenvalue weighted by Crippen LogP contribution is -2.39. The summed E-state index contributed by atoms with van der Waals surface area (Å²) < 4.78 is 51.4. The van der Waals surface area contributed by atoms with Crippen LogP contribution in [0.4, 0.5) is 19.1 Å². The molecule has 0 spiro atoms. The first-order chi connectivity index (χ1) is 15.4. The Morgan fingerprint density at radius 3 is 2.84 bits per heavy atom. The Kier molecular flexibility index (Phi) is 5.80. The average Bonchev–Trinajstić information content (AvgIpc) is 3.16. The molecule has 2 aliphatic rings. The third-order valence-corrected chi connectivity index (χ3v) is 6.28. The fourth-order valence-electron chi connectivity index (χ4n) is 4.02. The van der Waals surface area contributed by atoms with Crippen molar-refractivity contribution in [3.63, 3.8) is 0 Å². The monoisotopic (exact) mass is 466 g/mol. The summed E-state index contributed by atoms with van der Waals surface area (Å²) in [5, 5.41) is 11.9. The number of nitrogens with zero attached hydrogens (tertiary/aromatic N) is 5. The van der Waals surface area contributed by atoms with E-state index in [1.807, 2.05) is 28.8 Å². The fourth-order valence-corrected chi connectivity index (χ4v) is 4.56. The molecule has 3 aromatic rings. The lowest BCUT2D eigenvalue weighted by atomic mass is 9.85. The predicted octanol–water partition coefficient (Wildman–Crippen LogP) is 4.05. The zero-order valence-electron chi connectivity index (χ0n) is 17.0. The van der Waals surface area contributed by atoms with Gasteiger partial charge in [0.2, 0.25) is 11.8 Å². The third-order valence-electron chi connectivity index (χ3n) is 5.55. The minimum absolute atomic E-state index is 0.0609. The van der Waals surface area contributed by atoms with Crippen LogP contribution in [0.2, 0.25) is 0 Å². The van der Waals surface area contributed by atoms with Gasteiger partial charge < -0.3 is 14.8 Å². The van der Waals surface area contributed by atoms with E-state index in [9.17, 15) is 13.2 Å². The Hall–Kier alpha value is -2.60. The van der Waals surface area contributed by atoms with Crippen LogP contribution in [-0.2, 0) is 4.74 Å². The number of alkyl halides is 3. The molecule has 32 heavy (non-hydrogen) atoms. The molecule has 2 fully saturated rings. The van der Waals surface area contributed by atoms with E-state index in [2.05, 4.69) is 25.5 Å². The van der Waals surface area contributed by atoms with E-state index in [4.69, 9.17) is 9.47 Å². The van der Waals surface area contributed by atoms with Gasteiger partial charge in [-0.2, -0.15) is 18.2 Å². The zero-order valence-corrected chi connectivity index (χ0v) is 17.8. The summed E-state index contributed by atoms with van der Waals surface area (Å²) in [5.41, 5.74) is -3.65. The number of hydrogen-bond donors (Lipinski definition) is 1. The molecule has 0 unspecified atom stereocenters. The Morgan fingerprint density at radius 2 is 2.06 bits per heavy atom. The maximum Gasteiger partial charge on any atom is 0.446 e. The van der Waals surface area contributed by atoms with Crippen molar-refractivity contribution in [1.29, 1.82) is 0 Å². The number of halogens is 3. The van der Waals surface area contributed by atoms with Gasteiger partial charge in [0.1, 0.15) is 11.9 Å². The number of aromatic nitrogens is 5. The van der Waals surface area contributed by atoms with E-state index in [-0.39, 0.29) is 46.5 Å². The summed E-state index contributed by atoms with van der Waals surface area (Å²) in [6.45, 7) is 0.666. The lowest BCUT2D eigenvalue weighted by Gasteiger charge is -2.29. The normalized spacial score (nSPS) is 22.0. The van der Waals surface area contributed by atoms with Crippen molar-refractivity contribution in [2.24, 2.45) is 0 Å². The molecule has 1 saturated carbocycles. The van der Waals surface area contributed by atoms with Gasteiger partial charge in [-0.25, -0.2) is 4.98 Å². The van der Waals surface area contributed by atoms with Gasteiger partial charge in [0.25, 0.3) is 0 Å². The molecule has 8 nitrogen and oxygen atoms in total. The van der Waals surface area contributed by atoms with E-state index in [0.29, 0.717) is 13.2 Å². The number of pyridine rings is 1. The number of fused-ring (bicyclic) bond motifs is 1. The molecule has 1 aliphatic carbocycles. The van der Waals surface area contributed by atoms with Crippen molar-refractivity contribution >= 4 is 23.4 Å². The first-order valence-electron chi connectivity index (χ1n) is 10.4. The average molecular weight is 466 g/mol. The molecule has 4 heterocycles. The van der Waals surface area contributed by atoms with Crippen molar-refractivity contribution in [2.45, 2.75) is 54.2 Å². The van der Waals surface area contributed by atoms with Crippen molar-refractivity contribution in [3.8, 4) is 5.88 Å². The summed E-state index contributed by atoms with van der Waals surface area (Å²) in [6.07, 6.45) is 6.49. The van der Waals surface area contributed by atoms with E-state index in [0.717, 1.165) is 43.4 Å². The second kappa shape index (κ2) is 8.74. The molecule has 0 bridgehead atoms. The number of thioether (sulfide) groups is 1. The highest BCUT2D eigenvalue weighted by atomic mass is 32.2. The maximum atomic E-state index is 12.9. The Labute approximate surface area is 185 Å². The SMILES string of the molecule is FC(F)(F)Sc1cnc(N[C@@H]2CCC[C@H](c3nnc4ccccn34)C2)nc1OC1COC1. The molecule has 1 aliphatic heterocycles. The molecule has 1 saturated heterocycles. The number of rotatable bonds is 6. The van der Waals surface area contributed by atoms with Gasteiger partial charge in [0.05, 0.1) is 24.3 Å². The number of hydrogen-bond acceptors (Lipinski definition) is 8. The van der Waals surface area contributed by atoms with E-state index < -0.39 is 5.51 Å². The van der Waals surface area contributed by atoms with Crippen LogP contribution in [0, 0.1) is 0 Å². The first kappa shape index (κ1) is 21.3. The molecular weight excluding hydrogens is 445 g/mol. The third kappa shape index (κ3) is 4.75. The van der Waals surface area contributed by atoms with Crippen LogP contribution in [-0.4, -0.2) is 55.4 Å². The van der Waals surface area contributed by atoms with Crippen molar-refractivity contribution in [2.75, 3.05) is 18.5 Å². The zero-order chi connectivity index (χ0) is 22.1. The minimum Gasteiger partial charge on any atom is -0.468 e. The molecule has 0 amide bonds. The number of anilines is 1. The summed E-state index contributed by atoms with van der Waals surface area (Å²) in [6, 6.07) is 5.84. The van der Waals surface area contributed by atoms with Crippen LogP contribution in [0.15, 0.2) is 35.5 Å². The smallest absolute Gasteiger partial charge is 0.446 e. The summed E-state index contributed by atoms with van der Waals surface area (Å²) in [5.74, 6) is 1.30. The van der Waals surface area contributed by atoms with E-state index in [1.54, 1.807) is 0 Å². The first-order valence-corrected chi connectivity index (χ1v) is 11.2. The van der Waals surface area contributed by atoms with Crippen LogP contribution in [0.5, 0.6) is 5.88 Å². The van der Waals surface area contributed by atoms with Gasteiger partial charge in [-0.05, 0) is 43.2 Å². The summed E-state index contributed by atoms with van der Waals surface area (Å²) in [7, 11) is 0. The van der Waals surface area contributed by atoms with E-state index in [1.165, 1.54) is 0 Å². The predicted molar refractivity (Wildman–Crippen MR) is 111 cm³/mol. The molecule has 2 atom stereocenters. The van der Waals surface area contributed by atoms with Gasteiger partial charge in [0.15, 0.2) is 5.65 Å². The van der Waals surface area contributed by atoms with Gasteiger partial charge in [-0.3, -0.25) is 4.40 Å². The van der Waals surface area contributed by atoms with Crippen molar-refractivity contribution < 1.29 is 22.6 Å². The Bertz CT molecular complexity index is 1090. The van der Waals surface area contributed by atoms with Gasteiger partial charge in [-0.15, -0.1) is 10.2 Å². The minimum atomic E-state index is -4.45. The number of ether oxygens (including phenoxy) is 2. The van der Waals surface area contributed by atoms with Gasteiger partial charge in [0, 0.05) is 18.2 Å². The molecule has 5 rings (SSSR count). The molecular formula is C20H21F3N6O2S. The van der Waals surface area contributed by atoms with E-state index >= 15 is 0 Å². The molecule has 170 valence electrons. The molecule has 3 aromatic heterocycles. The molecule has 0 radical (unpaired) electrons. The topological polar surface area (TPSA) is 86.5 Å². The Morgan fingerprint density at radius 1 is 1.19 bits per heavy atom. The van der Waals surface area contributed by atoms with Crippen molar-refractivity contribution in [1.82, 2.24) is 24.6 Å². The van der Waals surface area contributed by atoms with Crippen LogP contribution in [0.1, 0.15) is 37.4 Å². The molecule has 1 N–H and O–H groups in total. The quantitative estimate of drug-likeness (QED) is 0.545. The van der Waals surface area contributed by atoms with Gasteiger partial charge >= 0.3 is 5.51 Å². The highest BCUT2D eigenvalue weighted by Gasteiger charge is 2.33. The Balaban J connectivity index is 1.32. The number of nitrogens with one attached hydrogen (secondary N) is 1. The largest absolute Gasteiger partial charge is 0.468 e. The van der Waals surface area contributed by atoms with Crippen molar-refractivity contribution in [3.05, 3.63) is 36.4 Å².